The topological polar surface area (TPSA) is 90.1 Å². The molecule has 1 aromatic heterocycles. The summed E-state index contributed by atoms with van der Waals surface area (Å²) in [6, 6.07) is -0.546. The molecule has 1 N–H and O–H groups in total. The van der Waals surface area contributed by atoms with E-state index in [1.807, 2.05) is 0 Å². The second kappa shape index (κ2) is 7.62. The Hall–Kier alpha value is -1.92. The van der Waals surface area contributed by atoms with Gasteiger partial charge in [0.25, 0.3) is 0 Å². The van der Waals surface area contributed by atoms with E-state index in [1.54, 1.807) is 13.8 Å². The van der Waals surface area contributed by atoms with Crippen LogP contribution in [0.25, 0.3) is 0 Å². The molecule has 0 spiro atoms. The van der Waals surface area contributed by atoms with Gasteiger partial charge >= 0.3 is 5.69 Å². The van der Waals surface area contributed by atoms with Gasteiger partial charge in [0, 0.05) is 6.54 Å². The van der Waals surface area contributed by atoms with Crippen molar-refractivity contribution in [2.75, 3.05) is 6.54 Å². The Morgan fingerprint density at radius 1 is 1.50 bits per heavy atom. The van der Waals surface area contributed by atoms with Gasteiger partial charge in [-0.1, -0.05) is 26.2 Å². The number of aromatic nitrogens is 2. The number of hydrogen-bond acceptors (Lipinski definition) is 4. The minimum absolute atomic E-state index is 0.0624. The predicted octanol–water partition coefficient (Wildman–Crippen LogP) is 2.36. The van der Waals surface area contributed by atoms with Crippen molar-refractivity contribution < 1.29 is 9.72 Å². The average molecular weight is 282 g/mol. The van der Waals surface area contributed by atoms with E-state index in [9.17, 15) is 14.9 Å². The van der Waals surface area contributed by atoms with Gasteiger partial charge in [-0.15, -0.1) is 0 Å². The molecular formula is C13H22N4O3. The maximum Gasteiger partial charge on any atom is 0.309 e. The molecule has 1 rings (SSSR count). The standard InChI is InChI=1S/C13H22N4O3/c1-4-5-6-7-8-14-13(18)11(3)16-10(2)12(9-15-16)17(19)20/h9,11H,4-8H2,1-3H3,(H,14,18). The van der Waals surface area contributed by atoms with Crippen molar-refractivity contribution >= 4 is 11.6 Å². The van der Waals surface area contributed by atoms with Crippen LogP contribution in [0.4, 0.5) is 5.69 Å². The van der Waals surface area contributed by atoms with Crippen molar-refractivity contribution in [1.29, 1.82) is 0 Å². The third-order valence-corrected chi connectivity index (χ3v) is 3.29. The van der Waals surface area contributed by atoms with E-state index in [2.05, 4.69) is 17.3 Å². The zero-order valence-corrected chi connectivity index (χ0v) is 12.3. The van der Waals surface area contributed by atoms with Crippen molar-refractivity contribution in [3.8, 4) is 0 Å². The first-order chi connectivity index (χ1) is 9.49. The fraction of sp³-hybridized carbons (Fsp3) is 0.692. The van der Waals surface area contributed by atoms with E-state index < -0.39 is 11.0 Å². The number of amides is 1. The van der Waals surface area contributed by atoms with Gasteiger partial charge in [-0.05, 0) is 20.3 Å². The van der Waals surface area contributed by atoms with Crippen LogP contribution in [0.2, 0.25) is 0 Å². The number of carbonyl (C=O) groups is 1. The van der Waals surface area contributed by atoms with Crippen molar-refractivity contribution in [2.24, 2.45) is 0 Å². The van der Waals surface area contributed by atoms with Gasteiger partial charge in [0.15, 0.2) is 0 Å². The van der Waals surface area contributed by atoms with Gasteiger partial charge in [0.1, 0.15) is 17.9 Å². The van der Waals surface area contributed by atoms with Crippen LogP contribution >= 0.6 is 0 Å². The third-order valence-electron chi connectivity index (χ3n) is 3.29. The summed E-state index contributed by atoms with van der Waals surface area (Å²) in [6.45, 7) is 6.04. The fourth-order valence-corrected chi connectivity index (χ4v) is 2.01. The molecule has 0 aliphatic carbocycles. The Kier molecular flexibility index (Phi) is 6.14. The second-order valence-corrected chi connectivity index (χ2v) is 4.84. The molecule has 1 unspecified atom stereocenters. The monoisotopic (exact) mass is 282 g/mol. The summed E-state index contributed by atoms with van der Waals surface area (Å²) >= 11 is 0. The molecule has 112 valence electrons. The van der Waals surface area contributed by atoms with E-state index in [-0.39, 0.29) is 11.6 Å². The highest BCUT2D eigenvalue weighted by Crippen LogP contribution is 2.19. The van der Waals surface area contributed by atoms with Crippen LogP contribution in [0.1, 0.15) is 51.3 Å². The number of nitrogens with zero attached hydrogens (tertiary/aromatic N) is 3. The highest BCUT2D eigenvalue weighted by molar-refractivity contribution is 5.79. The van der Waals surface area contributed by atoms with Crippen molar-refractivity contribution in [3.05, 3.63) is 22.0 Å². The molecule has 20 heavy (non-hydrogen) atoms. The molecular weight excluding hydrogens is 260 g/mol. The maximum absolute atomic E-state index is 12.0. The molecule has 1 aromatic rings. The number of nitrogens with one attached hydrogen (secondary N) is 1. The number of rotatable bonds is 8. The van der Waals surface area contributed by atoms with Gasteiger partial charge in [0.2, 0.25) is 5.91 Å². The smallest absolute Gasteiger partial charge is 0.309 e. The molecule has 7 heteroatoms. The van der Waals surface area contributed by atoms with Gasteiger partial charge in [-0.25, -0.2) is 0 Å². The summed E-state index contributed by atoms with van der Waals surface area (Å²) in [7, 11) is 0. The highest BCUT2D eigenvalue weighted by Gasteiger charge is 2.23. The minimum atomic E-state index is -0.546. The quantitative estimate of drug-likeness (QED) is 0.450. The molecule has 7 nitrogen and oxygen atoms in total. The Balaban J connectivity index is 2.54. The lowest BCUT2D eigenvalue weighted by molar-refractivity contribution is -0.385. The normalized spacial score (nSPS) is 12.2. The first-order valence-electron chi connectivity index (χ1n) is 6.95. The fourth-order valence-electron chi connectivity index (χ4n) is 2.01. The summed E-state index contributed by atoms with van der Waals surface area (Å²) in [5.41, 5.74) is 0.330. The lowest BCUT2D eigenvalue weighted by atomic mass is 10.2. The Morgan fingerprint density at radius 2 is 2.20 bits per heavy atom. The average Bonchev–Trinajstić information content (AvgIpc) is 2.79. The van der Waals surface area contributed by atoms with Gasteiger partial charge in [0.05, 0.1) is 4.92 Å². The van der Waals surface area contributed by atoms with E-state index in [4.69, 9.17) is 0 Å². The van der Waals surface area contributed by atoms with Crippen molar-refractivity contribution in [2.45, 2.75) is 52.5 Å². The first kappa shape index (κ1) is 16.1. The second-order valence-electron chi connectivity index (χ2n) is 4.84. The largest absolute Gasteiger partial charge is 0.354 e. The molecule has 0 saturated carbocycles. The van der Waals surface area contributed by atoms with Crippen LogP contribution in [0.3, 0.4) is 0 Å². The van der Waals surface area contributed by atoms with E-state index in [0.29, 0.717) is 12.2 Å². The number of unbranched alkanes of at least 4 members (excludes halogenated alkanes) is 3. The number of hydrogen-bond donors (Lipinski definition) is 1. The zero-order valence-electron chi connectivity index (χ0n) is 12.3. The Morgan fingerprint density at radius 3 is 2.75 bits per heavy atom. The lowest BCUT2D eigenvalue weighted by Crippen LogP contribution is -2.32. The molecule has 1 amide bonds. The van der Waals surface area contributed by atoms with Crippen LogP contribution in [0, 0.1) is 17.0 Å². The van der Waals surface area contributed by atoms with Crippen LogP contribution in [-0.2, 0) is 4.79 Å². The van der Waals surface area contributed by atoms with Gasteiger partial charge in [-0.3, -0.25) is 19.6 Å². The molecule has 0 saturated heterocycles. The van der Waals surface area contributed by atoms with Crippen LogP contribution in [0.5, 0.6) is 0 Å². The summed E-state index contributed by atoms with van der Waals surface area (Å²) < 4.78 is 1.39. The zero-order chi connectivity index (χ0) is 15.1. The van der Waals surface area contributed by atoms with E-state index in [1.165, 1.54) is 10.9 Å². The molecule has 0 aliphatic heterocycles. The molecule has 1 atom stereocenters. The first-order valence-corrected chi connectivity index (χ1v) is 6.95. The van der Waals surface area contributed by atoms with Crippen molar-refractivity contribution in [3.63, 3.8) is 0 Å². The molecule has 0 bridgehead atoms. The predicted molar refractivity (Wildman–Crippen MR) is 75.5 cm³/mol. The molecule has 0 radical (unpaired) electrons. The lowest BCUT2D eigenvalue weighted by Gasteiger charge is -2.13. The maximum atomic E-state index is 12.0. The molecule has 1 heterocycles. The van der Waals surface area contributed by atoms with E-state index >= 15 is 0 Å². The third kappa shape index (κ3) is 4.04. The van der Waals surface area contributed by atoms with Gasteiger partial charge < -0.3 is 5.32 Å². The minimum Gasteiger partial charge on any atom is -0.354 e. The van der Waals surface area contributed by atoms with E-state index in [0.717, 1.165) is 25.7 Å². The Labute approximate surface area is 118 Å². The van der Waals surface area contributed by atoms with Crippen LogP contribution in [0.15, 0.2) is 6.20 Å². The summed E-state index contributed by atoms with van der Waals surface area (Å²) in [5.74, 6) is -0.164. The molecule has 0 aliphatic rings. The number of carbonyl (C=O) groups excluding carboxylic acids is 1. The summed E-state index contributed by atoms with van der Waals surface area (Å²) in [4.78, 5) is 22.2. The molecule has 0 aromatic carbocycles. The molecule has 0 fully saturated rings. The van der Waals surface area contributed by atoms with Crippen LogP contribution < -0.4 is 5.32 Å². The summed E-state index contributed by atoms with van der Waals surface area (Å²) in [5, 5.41) is 17.5. The van der Waals surface area contributed by atoms with Crippen LogP contribution in [-0.4, -0.2) is 27.2 Å². The summed E-state index contributed by atoms with van der Waals surface area (Å²) in [6.07, 6.45) is 5.54. The van der Waals surface area contributed by atoms with Crippen molar-refractivity contribution in [1.82, 2.24) is 15.1 Å². The Bertz CT molecular complexity index is 470. The number of nitro groups is 1. The van der Waals surface area contributed by atoms with Gasteiger partial charge in [-0.2, -0.15) is 5.10 Å². The highest BCUT2D eigenvalue weighted by atomic mass is 16.6. The SMILES string of the molecule is CCCCCCNC(=O)C(C)n1ncc([N+](=O)[O-])c1C.